The van der Waals surface area contributed by atoms with E-state index in [0.717, 1.165) is 16.0 Å². The zero-order chi connectivity index (χ0) is 20.4. The second kappa shape index (κ2) is 6.34. The van der Waals surface area contributed by atoms with Crippen LogP contribution in [0.4, 0.5) is 5.69 Å². The summed E-state index contributed by atoms with van der Waals surface area (Å²) in [6.45, 7) is 0. The van der Waals surface area contributed by atoms with E-state index in [9.17, 15) is 14.4 Å². The van der Waals surface area contributed by atoms with Gasteiger partial charge in [-0.2, -0.15) is 0 Å². The van der Waals surface area contributed by atoms with Gasteiger partial charge in [0.05, 0.1) is 23.6 Å². The fourth-order valence-electron chi connectivity index (χ4n) is 4.81. The summed E-state index contributed by atoms with van der Waals surface area (Å²) in [6.07, 6.45) is 3.62. The van der Waals surface area contributed by atoms with Gasteiger partial charge in [0, 0.05) is 16.2 Å². The number of fused-ring (bicyclic) bond motifs is 5. The molecule has 2 N–H and O–H groups in total. The number of hydrogen-bond acceptors (Lipinski definition) is 4. The van der Waals surface area contributed by atoms with Gasteiger partial charge in [0.2, 0.25) is 17.7 Å². The first-order chi connectivity index (χ1) is 13.9. The third kappa shape index (κ3) is 2.52. The van der Waals surface area contributed by atoms with Crippen molar-refractivity contribution in [1.29, 1.82) is 0 Å². The number of imide groups is 1. The Labute approximate surface area is 176 Å². The third-order valence-electron chi connectivity index (χ3n) is 5.86. The predicted octanol–water partition coefficient (Wildman–Crippen LogP) is 2.99. The van der Waals surface area contributed by atoms with Crippen molar-refractivity contribution in [2.75, 3.05) is 4.90 Å². The lowest BCUT2D eigenvalue weighted by Gasteiger charge is -2.34. The first kappa shape index (κ1) is 18.2. The van der Waals surface area contributed by atoms with Gasteiger partial charge < -0.3 is 10.6 Å². The van der Waals surface area contributed by atoms with Gasteiger partial charge in [0.15, 0.2) is 0 Å². The molecule has 2 saturated heterocycles. The first-order valence-corrected chi connectivity index (χ1v) is 9.82. The summed E-state index contributed by atoms with van der Waals surface area (Å²) < 4.78 is 0. The molecule has 0 unspecified atom stereocenters. The second-order valence-electron chi connectivity index (χ2n) is 7.38. The van der Waals surface area contributed by atoms with Crippen LogP contribution in [-0.2, 0) is 14.4 Å². The van der Waals surface area contributed by atoms with Gasteiger partial charge in [-0.05, 0) is 35.4 Å². The number of hydrogen-bond donors (Lipinski definition) is 1. The molecule has 2 aromatic carbocycles. The van der Waals surface area contributed by atoms with Gasteiger partial charge in [-0.25, -0.2) is 4.90 Å². The van der Waals surface area contributed by atoms with E-state index in [4.69, 9.17) is 28.9 Å². The van der Waals surface area contributed by atoms with Crippen LogP contribution in [0.5, 0.6) is 0 Å². The lowest BCUT2D eigenvalue weighted by molar-refractivity contribution is -0.129. The second-order valence-corrected chi connectivity index (χ2v) is 8.25. The number of primary amides is 1. The SMILES string of the molecule is NC(=O)[C@H]1[C@H]2C(=O)N(c3cc(Cl)cc(Cl)c3)C(=O)[C@@H]2[C@H]2c3ccccc3C=CN21. The van der Waals surface area contributed by atoms with E-state index < -0.39 is 35.7 Å². The Kier molecular flexibility index (Phi) is 3.98. The molecule has 2 aromatic rings. The van der Waals surface area contributed by atoms with Crippen LogP contribution < -0.4 is 10.6 Å². The summed E-state index contributed by atoms with van der Waals surface area (Å²) in [5.74, 6) is -3.11. The highest BCUT2D eigenvalue weighted by Crippen LogP contribution is 2.53. The Balaban J connectivity index is 1.66. The van der Waals surface area contributed by atoms with Crippen molar-refractivity contribution in [1.82, 2.24) is 4.90 Å². The zero-order valence-corrected chi connectivity index (χ0v) is 16.5. The van der Waals surface area contributed by atoms with Gasteiger partial charge in [-0.15, -0.1) is 0 Å². The summed E-state index contributed by atoms with van der Waals surface area (Å²) >= 11 is 12.2. The molecule has 0 aliphatic carbocycles. The molecule has 0 bridgehead atoms. The minimum atomic E-state index is -0.911. The average Bonchev–Trinajstić information content (AvgIpc) is 3.14. The monoisotopic (exact) mass is 427 g/mol. The molecule has 3 heterocycles. The number of benzene rings is 2. The highest BCUT2D eigenvalue weighted by atomic mass is 35.5. The van der Waals surface area contributed by atoms with Crippen LogP contribution in [0.3, 0.4) is 0 Å². The summed E-state index contributed by atoms with van der Waals surface area (Å²) in [6, 6.07) is 10.8. The van der Waals surface area contributed by atoms with Crippen molar-refractivity contribution in [3.8, 4) is 0 Å². The molecule has 6 nitrogen and oxygen atoms in total. The minimum absolute atomic E-state index is 0.293. The van der Waals surface area contributed by atoms with Crippen molar-refractivity contribution in [2.45, 2.75) is 12.1 Å². The molecule has 4 atom stereocenters. The van der Waals surface area contributed by atoms with Crippen molar-refractivity contribution in [3.05, 3.63) is 69.8 Å². The molecule has 0 saturated carbocycles. The van der Waals surface area contributed by atoms with Crippen LogP contribution in [0, 0.1) is 11.8 Å². The maximum Gasteiger partial charge on any atom is 0.240 e. The topological polar surface area (TPSA) is 83.7 Å². The third-order valence-corrected chi connectivity index (χ3v) is 6.30. The number of halogens is 2. The number of nitrogens with zero attached hydrogens (tertiary/aromatic N) is 2. The molecular weight excluding hydrogens is 413 g/mol. The van der Waals surface area contributed by atoms with Crippen LogP contribution in [-0.4, -0.2) is 28.7 Å². The zero-order valence-electron chi connectivity index (χ0n) is 15.0. The average molecular weight is 428 g/mol. The lowest BCUT2D eigenvalue weighted by atomic mass is 9.84. The Morgan fingerprint density at radius 1 is 0.966 bits per heavy atom. The van der Waals surface area contributed by atoms with Crippen molar-refractivity contribution < 1.29 is 14.4 Å². The minimum Gasteiger partial charge on any atom is -0.368 e. The molecule has 0 aromatic heterocycles. The maximum absolute atomic E-state index is 13.5. The van der Waals surface area contributed by atoms with Crippen LogP contribution in [0.1, 0.15) is 17.2 Å². The smallest absolute Gasteiger partial charge is 0.240 e. The summed E-state index contributed by atoms with van der Waals surface area (Å²) in [4.78, 5) is 42.0. The quantitative estimate of drug-likeness (QED) is 0.746. The van der Waals surface area contributed by atoms with Gasteiger partial charge in [0.1, 0.15) is 6.04 Å². The first-order valence-electron chi connectivity index (χ1n) is 9.06. The van der Waals surface area contributed by atoms with Crippen molar-refractivity contribution >= 4 is 52.7 Å². The molecule has 8 heteroatoms. The van der Waals surface area contributed by atoms with E-state index in [-0.39, 0.29) is 5.91 Å². The molecule has 29 heavy (non-hydrogen) atoms. The summed E-state index contributed by atoms with van der Waals surface area (Å²) in [7, 11) is 0. The molecule has 0 radical (unpaired) electrons. The Morgan fingerprint density at radius 3 is 2.31 bits per heavy atom. The van der Waals surface area contributed by atoms with Gasteiger partial charge in [-0.1, -0.05) is 47.5 Å². The van der Waals surface area contributed by atoms with Crippen LogP contribution in [0.15, 0.2) is 48.7 Å². The molecule has 5 rings (SSSR count). The van der Waals surface area contributed by atoms with Gasteiger partial charge in [0.25, 0.3) is 0 Å². The Morgan fingerprint density at radius 2 is 1.62 bits per heavy atom. The number of carbonyl (C=O) groups is 3. The van der Waals surface area contributed by atoms with Crippen LogP contribution in [0.25, 0.3) is 6.08 Å². The number of amides is 3. The van der Waals surface area contributed by atoms with E-state index >= 15 is 0 Å². The van der Waals surface area contributed by atoms with Gasteiger partial charge in [-0.3, -0.25) is 14.4 Å². The summed E-state index contributed by atoms with van der Waals surface area (Å²) in [5.41, 5.74) is 7.81. The predicted molar refractivity (Wildman–Crippen MR) is 109 cm³/mol. The summed E-state index contributed by atoms with van der Waals surface area (Å²) in [5, 5.41) is 0.619. The van der Waals surface area contributed by atoms with E-state index in [2.05, 4.69) is 0 Å². The van der Waals surface area contributed by atoms with Crippen LogP contribution in [0.2, 0.25) is 10.0 Å². The van der Waals surface area contributed by atoms with Gasteiger partial charge >= 0.3 is 0 Å². The molecule has 146 valence electrons. The van der Waals surface area contributed by atoms with E-state index in [1.807, 2.05) is 30.3 Å². The number of anilines is 1. The molecule has 3 amide bonds. The van der Waals surface area contributed by atoms with E-state index in [1.165, 1.54) is 18.2 Å². The number of rotatable bonds is 2. The van der Waals surface area contributed by atoms with E-state index in [1.54, 1.807) is 11.1 Å². The fourth-order valence-corrected chi connectivity index (χ4v) is 5.32. The Bertz CT molecular complexity index is 1100. The number of nitrogens with two attached hydrogens (primary N) is 1. The molecule has 2 fully saturated rings. The molecular formula is C21H15Cl2N3O3. The van der Waals surface area contributed by atoms with Crippen molar-refractivity contribution in [2.24, 2.45) is 17.6 Å². The molecule has 3 aliphatic heterocycles. The van der Waals surface area contributed by atoms with Crippen LogP contribution >= 0.6 is 23.2 Å². The Hall–Kier alpha value is -2.83. The highest BCUT2D eigenvalue weighted by molar-refractivity contribution is 6.35. The van der Waals surface area contributed by atoms with Crippen molar-refractivity contribution in [3.63, 3.8) is 0 Å². The lowest BCUT2D eigenvalue weighted by Crippen LogP contribution is -2.46. The number of carbonyl (C=O) groups excluding carboxylic acids is 3. The standard InChI is InChI=1S/C21H15Cl2N3O3/c22-11-7-12(23)9-13(8-11)26-20(28)15-16(21(26)29)18(19(24)27)25-6-5-10-3-1-2-4-14(10)17(15)25/h1-9,15-18H,(H2,24,27)/t15-,16-,17+,18+/m0/s1. The fraction of sp³-hybridized carbons (Fsp3) is 0.190. The highest BCUT2D eigenvalue weighted by Gasteiger charge is 2.64. The van der Waals surface area contributed by atoms with E-state index in [0.29, 0.717) is 15.7 Å². The molecule has 0 spiro atoms. The molecule has 3 aliphatic rings. The largest absolute Gasteiger partial charge is 0.368 e. The maximum atomic E-state index is 13.5. The normalized spacial score (nSPS) is 27.1.